The smallest absolute Gasteiger partial charge is 0.271 e. The van der Waals surface area contributed by atoms with Crippen molar-refractivity contribution in [3.05, 3.63) is 68.3 Å². The van der Waals surface area contributed by atoms with E-state index < -0.39 is 0 Å². The van der Waals surface area contributed by atoms with Crippen LogP contribution in [0.5, 0.6) is 0 Å². The maximum absolute atomic E-state index is 12.1. The Hall–Kier alpha value is -2.22. The van der Waals surface area contributed by atoms with Crippen molar-refractivity contribution in [3.63, 3.8) is 0 Å². The summed E-state index contributed by atoms with van der Waals surface area (Å²) in [4.78, 5) is 29.4. The minimum atomic E-state index is -0.299. The fraction of sp³-hybridized carbons (Fsp3) is 0.0625. The van der Waals surface area contributed by atoms with Gasteiger partial charge in [0.05, 0.1) is 6.54 Å². The van der Waals surface area contributed by atoms with Crippen molar-refractivity contribution in [1.29, 1.82) is 0 Å². The molecule has 0 fully saturated rings. The number of benzene rings is 1. The maximum atomic E-state index is 12.1. The number of halogens is 1. The van der Waals surface area contributed by atoms with E-state index >= 15 is 0 Å². The van der Waals surface area contributed by atoms with E-state index in [0.29, 0.717) is 22.3 Å². The molecule has 0 saturated carbocycles. The molecule has 1 aromatic carbocycles. The number of hydrogen-bond acceptors (Lipinski definition) is 5. The summed E-state index contributed by atoms with van der Waals surface area (Å²) >= 11 is 8.57. The van der Waals surface area contributed by atoms with E-state index in [-0.39, 0.29) is 17.5 Å². The van der Waals surface area contributed by atoms with Crippen molar-refractivity contribution in [2.75, 3.05) is 5.32 Å². The Balaban J connectivity index is 1.59. The maximum Gasteiger partial charge on any atom is 0.271 e. The summed E-state index contributed by atoms with van der Waals surface area (Å²) in [5.74, 6) is -0.571. The summed E-state index contributed by atoms with van der Waals surface area (Å²) in [6, 6.07) is 10.4. The third-order valence-corrected chi connectivity index (χ3v) is 4.95. The van der Waals surface area contributed by atoms with Gasteiger partial charge in [-0.1, -0.05) is 17.7 Å². The highest BCUT2D eigenvalue weighted by Crippen LogP contribution is 2.18. The molecule has 24 heavy (non-hydrogen) atoms. The molecule has 0 aliphatic heterocycles. The summed E-state index contributed by atoms with van der Waals surface area (Å²) in [6.45, 7) is 0.459. The highest BCUT2D eigenvalue weighted by Gasteiger charge is 2.13. The summed E-state index contributed by atoms with van der Waals surface area (Å²) in [5.41, 5.74) is 0.751. The van der Waals surface area contributed by atoms with Crippen LogP contribution in [0.4, 0.5) is 5.13 Å². The predicted octanol–water partition coefficient (Wildman–Crippen LogP) is 4.04. The summed E-state index contributed by atoms with van der Waals surface area (Å²) < 4.78 is 0. The molecular formula is C16H12ClN3O2S2. The molecule has 0 aliphatic carbocycles. The summed E-state index contributed by atoms with van der Waals surface area (Å²) in [7, 11) is 0. The molecule has 2 heterocycles. The molecule has 0 unspecified atom stereocenters. The van der Waals surface area contributed by atoms with E-state index in [9.17, 15) is 9.59 Å². The standard InChI is InChI=1S/C16H12ClN3O2S2/c17-11-5-3-10(4-6-11)14(21)20-16-19-13(9-24-16)15(22)18-8-12-2-1-7-23-12/h1-7,9H,8H2,(H,18,22)(H,19,20,21). The quantitative estimate of drug-likeness (QED) is 0.704. The van der Waals surface area contributed by atoms with E-state index in [2.05, 4.69) is 15.6 Å². The van der Waals surface area contributed by atoms with Gasteiger partial charge in [-0.2, -0.15) is 0 Å². The molecule has 2 amide bonds. The fourth-order valence-corrected chi connectivity index (χ4v) is 3.33. The van der Waals surface area contributed by atoms with Crippen LogP contribution in [0.1, 0.15) is 25.7 Å². The molecular weight excluding hydrogens is 366 g/mol. The third kappa shape index (κ3) is 4.19. The van der Waals surface area contributed by atoms with Crippen molar-refractivity contribution in [2.45, 2.75) is 6.54 Å². The molecule has 0 saturated heterocycles. The van der Waals surface area contributed by atoms with Gasteiger partial charge in [-0.05, 0) is 35.7 Å². The molecule has 0 radical (unpaired) electrons. The Morgan fingerprint density at radius 2 is 1.88 bits per heavy atom. The Morgan fingerprint density at radius 1 is 1.08 bits per heavy atom. The van der Waals surface area contributed by atoms with Gasteiger partial charge in [0.15, 0.2) is 5.13 Å². The second kappa shape index (κ2) is 7.57. The topological polar surface area (TPSA) is 71.1 Å². The zero-order valence-corrected chi connectivity index (χ0v) is 14.7. The molecule has 5 nitrogen and oxygen atoms in total. The number of hydrogen-bond donors (Lipinski definition) is 2. The summed E-state index contributed by atoms with van der Waals surface area (Å²) in [6.07, 6.45) is 0. The van der Waals surface area contributed by atoms with Crippen molar-refractivity contribution in [3.8, 4) is 0 Å². The highest BCUT2D eigenvalue weighted by molar-refractivity contribution is 7.14. The van der Waals surface area contributed by atoms with Gasteiger partial charge in [0, 0.05) is 20.8 Å². The Labute approximate surface area is 151 Å². The highest BCUT2D eigenvalue weighted by atomic mass is 35.5. The van der Waals surface area contributed by atoms with E-state index in [1.807, 2.05) is 17.5 Å². The van der Waals surface area contributed by atoms with Crippen molar-refractivity contribution in [1.82, 2.24) is 10.3 Å². The Kier molecular flexibility index (Phi) is 5.24. The lowest BCUT2D eigenvalue weighted by atomic mass is 10.2. The number of amides is 2. The van der Waals surface area contributed by atoms with Crippen LogP contribution in [0.25, 0.3) is 0 Å². The van der Waals surface area contributed by atoms with E-state index in [0.717, 1.165) is 4.88 Å². The zero-order chi connectivity index (χ0) is 16.9. The van der Waals surface area contributed by atoms with Gasteiger partial charge in [-0.15, -0.1) is 22.7 Å². The second-order valence-electron chi connectivity index (χ2n) is 4.76. The van der Waals surface area contributed by atoms with Crippen LogP contribution >= 0.6 is 34.3 Å². The SMILES string of the molecule is O=C(Nc1nc(C(=O)NCc2cccs2)cs1)c1ccc(Cl)cc1. The Morgan fingerprint density at radius 3 is 2.58 bits per heavy atom. The number of rotatable bonds is 5. The fourth-order valence-electron chi connectivity index (χ4n) is 1.88. The van der Waals surface area contributed by atoms with E-state index in [4.69, 9.17) is 11.6 Å². The van der Waals surface area contributed by atoms with Crippen LogP contribution in [0, 0.1) is 0 Å². The lowest BCUT2D eigenvalue weighted by Crippen LogP contribution is -2.22. The largest absolute Gasteiger partial charge is 0.346 e. The first-order chi connectivity index (χ1) is 11.6. The predicted molar refractivity (Wildman–Crippen MR) is 97.0 cm³/mol. The molecule has 122 valence electrons. The number of nitrogens with zero attached hydrogens (tertiary/aromatic N) is 1. The molecule has 3 rings (SSSR count). The monoisotopic (exact) mass is 377 g/mol. The summed E-state index contributed by atoms with van der Waals surface area (Å²) in [5, 5.41) is 9.96. The first kappa shape index (κ1) is 16.6. The van der Waals surface area contributed by atoms with Gasteiger partial charge in [-0.3, -0.25) is 14.9 Å². The number of thiazole rings is 1. The van der Waals surface area contributed by atoms with Crippen LogP contribution in [0.3, 0.4) is 0 Å². The number of anilines is 1. The van der Waals surface area contributed by atoms with Gasteiger partial charge >= 0.3 is 0 Å². The van der Waals surface area contributed by atoms with Crippen molar-refractivity contribution >= 4 is 51.2 Å². The number of carbonyl (C=O) groups is 2. The minimum Gasteiger partial charge on any atom is -0.346 e. The van der Waals surface area contributed by atoms with E-state index in [1.54, 1.807) is 41.0 Å². The molecule has 3 aromatic rings. The first-order valence-corrected chi connectivity index (χ1v) is 9.08. The van der Waals surface area contributed by atoms with Gasteiger partial charge in [-0.25, -0.2) is 4.98 Å². The molecule has 0 atom stereocenters. The van der Waals surface area contributed by atoms with Crippen molar-refractivity contribution < 1.29 is 9.59 Å². The first-order valence-electron chi connectivity index (χ1n) is 6.95. The number of nitrogens with one attached hydrogen (secondary N) is 2. The van der Waals surface area contributed by atoms with Gasteiger partial charge in [0.1, 0.15) is 5.69 Å². The molecule has 0 bridgehead atoms. The average molecular weight is 378 g/mol. The minimum absolute atomic E-state index is 0.272. The Bertz CT molecular complexity index is 845. The molecule has 0 aliphatic rings. The van der Waals surface area contributed by atoms with Crippen LogP contribution in [0.2, 0.25) is 5.02 Å². The number of aromatic nitrogens is 1. The van der Waals surface area contributed by atoms with Crippen LogP contribution in [0.15, 0.2) is 47.2 Å². The molecule has 2 aromatic heterocycles. The van der Waals surface area contributed by atoms with Crippen LogP contribution in [-0.4, -0.2) is 16.8 Å². The lowest BCUT2D eigenvalue weighted by molar-refractivity contribution is 0.0945. The molecule has 8 heteroatoms. The van der Waals surface area contributed by atoms with E-state index in [1.165, 1.54) is 11.3 Å². The molecule has 0 spiro atoms. The van der Waals surface area contributed by atoms with Gasteiger partial charge in [0.2, 0.25) is 0 Å². The normalized spacial score (nSPS) is 10.4. The zero-order valence-electron chi connectivity index (χ0n) is 12.3. The van der Waals surface area contributed by atoms with Gasteiger partial charge in [0.25, 0.3) is 11.8 Å². The average Bonchev–Trinajstić information content (AvgIpc) is 3.25. The van der Waals surface area contributed by atoms with Crippen LogP contribution < -0.4 is 10.6 Å². The lowest BCUT2D eigenvalue weighted by Gasteiger charge is -2.02. The van der Waals surface area contributed by atoms with Crippen LogP contribution in [-0.2, 0) is 6.54 Å². The van der Waals surface area contributed by atoms with Gasteiger partial charge < -0.3 is 5.32 Å². The second-order valence-corrected chi connectivity index (χ2v) is 7.09. The number of carbonyl (C=O) groups excluding carboxylic acids is 2. The van der Waals surface area contributed by atoms with Crippen molar-refractivity contribution in [2.24, 2.45) is 0 Å². The third-order valence-electron chi connectivity index (χ3n) is 3.07. The molecule has 2 N–H and O–H groups in total. The number of thiophene rings is 1.